The van der Waals surface area contributed by atoms with Crippen molar-refractivity contribution in [3.8, 4) is 5.75 Å². The van der Waals surface area contributed by atoms with Crippen LogP contribution in [0, 0.1) is 0 Å². The van der Waals surface area contributed by atoms with Crippen molar-refractivity contribution in [3.05, 3.63) is 27.7 Å². The van der Waals surface area contributed by atoms with Crippen molar-refractivity contribution in [1.82, 2.24) is 0 Å². The van der Waals surface area contributed by atoms with Gasteiger partial charge in [-0.25, -0.2) is 0 Å². The fourth-order valence-corrected chi connectivity index (χ4v) is 1.57. The summed E-state index contributed by atoms with van der Waals surface area (Å²) in [6, 6.07) is 1.53. The van der Waals surface area contributed by atoms with Crippen LogP contribution >= 0.6 is 15.9 Å². The van der Waals surface area contributed by atoms with E-state index >= 15 is 0 Å². The molecule has 0 heterocycles. The smallest absolute Gasteiger partial charge is 0.416 e. The molecule has 1 rings (SSSR count). The van der Waals surface area contributed by atoms with Gasteiger partial charge in [-0.05, 0) is 28.1 Å². The molecule has 0 radical (unpaired) electrons. The summed E-state index contributed by atoms with van der Waals surface area (Å²) in [5.41, 5.74) is -0.948. The van der Waals surface area contributed by atoms with E-state index in [-0.39, 0.29) is 22.2 Å². The number of carbonyl (C=O) groups is 1. The first kappa shape index (κ1) is 12.0. The quantitative estimate of drug-likeness (QED) is 0.847. The molecule has 0 aromatic heterocycles. The van der Waals surface area contributed by atoms with E-state index in [1.54, 1.807) is 0 Å². The summed E-state index contributed by atoms with van der Waals surface area (Å²) in [6.45, 7) is 0. The number of hydrogen-bond acceptors (Lipinski definition) is 2. The van der Waals surface area contributed by atoms with Gasteiger partial charge >= 0.3 is 6.18 Å². The van der Waals surface area contributed by atoms with Crippen LogP contribution in [0.5, 0.6) is 5.75 Å². The molecule has 0 spiro atoms. The minimum atomic E-state index is -4.49. The number of aromatic hydroxyl groups is 1. The van der Waals surface area contributed by atoms with E-state index in [1.165, 1.54) is 0 Å². The fourth-order valence-electron chi connectivity index (χ4n) is 1.07. The van der Waals surface area contributed by atoms with E-state index in [9.17, 15) is 23.1 Å². The van der Waals surface area contributed by atoms with Gasteiger partial charge < -0.3 is 9.90 Å². The molecule has 0 aliphatic heterocycles. The molecule has 0 aliphatic rings. The highest BCUT2D eigenvalue weighted by Crippen LogP contribution is 2.36. The summed E-state index contributed by atoms with van der Waals surface area (Å²) in [5.74, 6) is -0.338. The highest BCUT2D eigenvalue weighted by molar-refractivity contribution is 9.10. The number of aldehydes is 1. The highest BCUT2D eigenvalue weighted by Gasteiger charge is 2.31. The molecule has 0 saturated carbocycles. The van der Waals surface area contributed by atoms with Crippen molar-refractivity contribution in [2.75, 3.05) is 0 Å². The second-order valence-corrected chi connectivity index (χ2v) is 3.69. The summed E-state index contributed by atoms with van der Waals surface area (Å²) < 4.78 is 36.9. The van der Waals surface area contributed by atoms with Crippen molar-refractivity contribution >= 4 is 22.2 Å². The molecule has 1 aromatic rings. The number of alkyl halides is 3. The highest BCUT2D eigenvalue weighted by atomic mass is 79.9. The van der Waals surface area contributed by atoms with Gasteiger partial charge in [-0.2, -0.15) is 13.2 Å². The number of carbonyl (C=O) groups excluding carboxylic acids is 1. The Kier molecular flexibility index (Phi) is 3.38. The van der Waals surface area contributed by atoms with E-state index in [0.717, 1.165) is 12.1 Å². The number of halogens is 4. The third-order valence-corrected chi connectivity index (χ3v) is 2.38. The van der Waals surface area contributed by atoms with Crippen LogP contribution in [-0.4, -0.2) is 11.4 Å². The molecular formula is C9H6BrF3O2. The predicted octanol–water partition coefficient (Wildman–Crippen LogP) is 2.91. The minimum absolute atomic E-state index is 0.0494. The zero-order valence-electron chi connectivity index (χ0n) is 7.31. The van der Waals surface area contributed by atoms with Gasteiger partial charge in [-0.1, -0.05) is 0 Å². The number of benzene rings is 1. The van der Waals surface area contributed by atoms with E-state index in [1.807, 2.05) is 0 Å². The molecule has 0 saturated heterocycles. The zero-order valence-corrected chi connectivity index (χ0v) is 8.89. The van der Waals surface area contributed by atoms with Crippen LogP contribution in [0.1, 0.15) is 11.1 Å². The van der Waals surface area contributed by atoms with Crippen LogP contribution in [0.25, 0.3) is 0 Å². The maximum Gasteiger partial charge on any atom is 0.416 e. The fraction of sp³-hybridized carbons (Fsp3) is 0.222. The lowest BCUT2D eigenvalue weighted by atomic mass is 10.1. The van der Waals surface area contributed by atoms with E-state index in [2.05, 4.69) is 15.9 Å². The lowest BCUT2D eigenvalue weighted by Gasteiger charge is -2.10. The summed E-state index contributed by atoms with van der Waals surface area (Å²) in [4.78, 5) is 10.2. The number of phenols is 1. The average Bonchev–Trinajstić information content (AvgIpc) is 2.11. The molecule has 0 atom stereocenters. The molecule has 0 unspecified atom stereocenters. The van der Waals surface area contributed by atoms with Crippen molar-refractivity contribution in [3.63, 3.8) is 0 Å². The van der Waals surface area contributed by atoms with Crippen molar-refractivity contribution in [2.45, 2.75) is 12.6 Å². The van der Waals surface area contributed by atoms with Gasteiger partial charge in [-0.3, -0.25) is 0 Å². The van der Waals surface area contributed by atoms with Gasteiger partial charge in [-0.15, -0.1) is 0 Å². The molecule has 0 aliphatic carbocycles. The van der Waals surface area contributed by atoms with E-state index in [4.69, 9.17) is 0 Å². The maximum atomic E-state index is 12.3. The van der Waals surface area contributed by atoms with E-state index < -0.39 is 11.7 Å². The maximum absolute atomic E-state index is 12.3. The Balaban J connectivity index is 3.29. The number of phenolic OH excluding ortho intramolecular Hbond substituents is 1. The Morgan fingerprint density at radius 2 is 2.00 bits per heavy atom. The van der Waals surface area contributed by atoms with Gasteiger partial charge in [0.1, 0.15) is 12.0 Å². The van der Waals surface area contributed by atoms with Crippen molar-refractivity contribution in [2.24, 2.45) is 0 Å². The lowest BCUT2D eigenvalue weighted by Crippen LogP contribution is -2.06. The van der Waals surface area contributed by atoms with Crippen molar-refractivity contribution in [1.29, 1.82) is 0 Å². The Labute approximate surface area is 91.8 Å². The first-order chi connectivity index (χ1) is 6.86. The third kappa shape index (κ3) is 2.71. The molecule has 15 heavy (non-hydrogen) atoms. The Morgan fingerprint density at radius 1 is 1.40 bits per heavy atom. The van der Waals surface area contributed by atoms with Crippen molar-refractivity contribution < 1.29 is 23.1 Å². The molecule has 1 aromatic carbocycles. The third-order valence-electron chi connectivity index (χ3n) is 1.77. The van der Waals surface area contributed by atoms with Gasteiger partial charge in [0, 0.05) is 12.0 Å². The molecule has 1 N–H and O–H groups in total. The topological polar surface area (TPSA) is 37.3 Å². The number of rotatable bonds is 2. The van der Waals surface area contributed by atoms with Crippen LogP contribution < -0.4 is 0 Å². The first-order valence-corrected chi connectivity index (χ1v) is 4.67. The standard InChI is InChI=1S/C9H6BrF3O2/c10-7-4-6(9(11,12)13)3-5(1-2-14)8(7)15/h2-4,15H,1H2. The second kappa shape index (κ2) is 4.22. The van der Waals surface area contributed by atoms with Gasteiger partial charge in [0.25, 0.3) is 0 Å². The normalized spacial score (nSPS) is 11.5. The molecule has 0 fully saturated rings. The molecule has 6 heteroatoms. The Hall–Kier alpha value is -1.04. The van der Waals surface area contributed by atoms with Crippen LogP contribution in [-0.2, 0) is 17.4 Å². The summed E-state index contributed by atoms with van der Waals surface area (Å²) in [7, 11) is 0. The zero-order chi connectivity index (χ0) is 11.6. The lowest BCUT2D eigenvalue weighted by molar-refractivity contribution is -0.137. The van der Waals surface area contributed by atoms with Crippen LogP contribution in [0.2, 0.25) is 0 Å². The Bertz CT molecular complexity index is 388. The largest absolute Gasteiger partial charge is 0.506 e. The average molecular weight is 283 g/mol. The molecule has 82 valence electrons. The number of hydrogen-bond donors (Lipinski definition) is 1. The summed E-state index contributed by atoms with van der Waals surface area (Å²) in [6.07, 6.45) is -4.32. The van der Waals surface area contributed by atoms with Crippen LogP contribution in [0.4, 0.5) is 13.2 Å². The SMILES string of the molecule is O=CCc1cc(C(F)(F)F)cc(Br)c1O. The monoisotopic (exact) mass is 282 g/mol. The second-order valence-electron chi connectivity index (χ2n) is 2.83. The van der Waals surface area contributed by atoms with Gasteiger partial charge in [0.2, 0.25) is 0 Å². The van der Waals surface area contributed by atoms with Gasteiger partial charge in [0.15, 0.2) is 0 Å². The summed E-state index contributed by atoms with van der Waals surface area (Å²) in [5, 5.41) is 9.35. The molecular weight excluding hydrogens is 277 g/mol. The van der Waals surface area contributed by atoms with E-state index in [0.29, 0.717) is 6.29 Å². The molecule has 0 amide bonds. The van der Waals surface area contributed by atoms with Crippen LogP contribution in [0.15, 0.2) is 16.6 Å². The minimum Gasteiger partial charge on any atom is -0.506 e. The predicted molar refractivity (Wildman–Crippen MR) is 50.6 cm³/mol. The summed E-state index contributed by atoms with van der Waals surface area (Å²) >= 11 is 2.79. The Morgan fingerprint density at radius 3 is 2.47 bits per heavy atom. The molecule has 2 nitrogen and oxygen atoms in total. The first-order valence-electron chi connectivity index (χ1n) is 3.88. The van der Waals surface area contributed by atoms with Crippen LogP contribution in [0.3, 0.4) is 0 Å². The molecule has 0 bridgehead atoms. The van der Waals surface area contributed by atoms with Gasteiger partial charge in [0.05, 0.1) is 10.0 Å².